The number of ketones is 2. The van der Waals surface area contributed by atoms with Crippen LogP contribution in [-0.4, -0.2) is 11.6 Å². The molecular weight excluding hydrogens is 204 g/mol. The van der Waals surface area contributed by atoms with Crippen molar-refractivity contribution in [3.8, 4) is 0 Å². The molecule has 84 valence electrons. The van der Waals surface area contributed by atoms with Crippen LogP contribution in [0.15, 0.2) is 22.7 Å². The third-order valence-corrected chi connectivity index (χ3v) is 3.56. The van der Waals surface area contributed by atoms with Crippen molar-refractivity contribution in [3.63, 3.8) is 0 Å². The van der Waals surface area contributed by atoms with Crippen molar-refractivity contribution in [2.75, 3.05) is 0 Å². The second-order valence-electron chi connectivity index (χ2n) is 4.64. The van der Waals surface area contributed by atoms with Gasteiger partial charge in [-0.2, -0.15) is 0 Å². The molecule has 1 aliphatic heterocycles. The number of hydrogen-bond acceptors (Lipinski definition) is 3. The fourth-order valence-corrected chi connectivity index (χ4v) is 2.68. The summed E-state index contributed by atoms with van der Waals surface area (Å²) >= 11 is 0. The van der Waals surface area contributed by atoms with E-state index in [1.54, 1.807) is 0 Å². The Morgan fingerprint density at radius 3 is 1.75 bits per heavy atom. The molecule has 3 heteroatoms. The van der Waals surface area contributed by atoms with Crippen LogP contribution in [0.2, 0.25) is 0 Å². The van der Waals surface area contributed by atoms with Gasteiger partial charge in [0.1, 0.15) is 11.5 Å². The molecule has 3 nitrogen and oxygen atoms in total. The van der Waals surface area contributed by atoms with Crippen molar-refractivity contribution >= 4 is 11.6 Å². The molecule has 0 aromatic carbocycles. The van der Waals surface area contributed by atoms with E-state index in [4.69, 9.17) is 4.74 Å². The number of Topliss-reactive ketones (excluding diaryl/α,β-unsaturated/α-hetero) is 2. The van der Waals surface area contributed by atoms with Crippen molar-refractivity contribution < 1.29 is 14.3 Å². The number of allylic oxidation sites excluding steroid dienone is 4. The van der Waals surface area contributed by atoms with E-state index in [0.29, 0.717) is 19.3 Å². The zero-order valence-electron chi connectivity index (χ0n) is 9.17. The van der Waals surface area contributed by atoms with Crippen molar-refractivity contribution in [2.24, 2.45) is 0 Å². The van der Waals surface area contributed by atoms with Gasteiger partial charge >= 0.3 is 0 Å². The van der Waals surface area contributed by atoms with Crippen LogP contribution in [0.1, 0.15) is 44.9 Å². The first kappa shape index (κ1) is 9.82. The molecule has 0 aromatic rings. The zero-order chi connectivity index (χ0) is 11.1. The maximum absolute atomic E-state index is 11.7. The third-order valence-electron chi connectivity index (χ3n) is 3.56. The van der Waals surface area contributed by atoms with Gasteiger partial charge in [-0.05, 0) is 12.8 Å². The summed E-state index contributed by atoms with van der Waals surface area (Å²) in [5, 5.41) is 0. The van der Waals surface area contributed by atoms with Gasteiger partial charge in [-0.1, -0.05) is 0 Å². The summed E-state index contributed by atoms with van der Waals surface area (Å²) < 4.78 is 5.75. The lowest BCUT2D eigenvalue weighted by Crippen LogP contribution is -2.23. The summed E-state index contributed by atoms with van der Waals surface area (Å²) in [6.45, 7) is 0. The Bertz CT molecular complexity index is 400. The molecule has 0 saturated carbocycles. The fourth-order valence-electron chi connectivity index (χ4n) is 2.68. The fraction of sp³-hybridized carbons (Fsp3) is 0.538. The maximum atomic E-state index is 11.7. The van der Waals surface area contributed by atoms with Crippen LogP contribution in [0.5, 0.6) is 0 Å². The van der Waals surface area contributed by atoms with E-state index in [1.165, 1.54) is 0 Å². The summed E-state index contributed by atoms with van der Waals surface area (Å²) in [5.74, 6) is 2.02. The highest BCUT2D eigenvalue weighted by molar-refractivity contribution is 6.03. The lowest BCUT2D eigenvalue weighted by molar-refractivity contribution is -0.117. The minimum absolute atomic E-state index is 0.172. The van der Waals surface area contributed by atoms with Crippen molar-refractivity contribution in [2.45, 2.75) is 44.9 Å². The van der Waals surface area contributed by atoms with Crippen LogP contribution in [0.3, 0.4) is 0 Å². The lowest BCUT2D eigenvalue weighted by atomic mass is 9.84. The first-order chi connectivity index (χ1) is 7.75. The van der Waals surface area contributed by atoms with Crippen LogP contribution in [0.4, 0.5) is 0 Å². The normalized spacial score (nSPS) is 25.2. The molecule has 0 bridgehead atoms. The van der Waals surface area contributed by atoms with Gasteiger partial charge < -0.3 is 4.74 Å². The summed E-state index contributed by atoms with van der Waals surface area (Å²) in [6, 6.07) is 0. The molecule has 2 aliphatic carbocycles. The van der Waals surface area contributed by atoms with Gasteiger partial charge in [0.05, 0.1) is 0 Å². The van der Waals surface area contributed by atoms with Gasteiger partial charge in [0.25, 0.3) is 0 Å². The highest BCUT2D eigenvalue weighted by atomic mass is 16.5. The predicted molar refractivity (Wildman–Crippen MR) is 57.5 cm³/mol. The number of rotatable bonds is 0. The van der Waals surface area contributed by atoms with E-state index in [2.05, 4.69) is 0 Å². The third kappa shape index (κ3) is 1.42. The standard InChI is InChI=1S/C13H14O3/c14-10-3-1-5-12-8(10)7-9-11(15)4-2-6-13(9)16-12/h1-7H2. The number of carbonyl (C=O) groups is 2. The van der Waals surface area contributed by atoms with Crippen LogP contribution in [0.25, 0.3) is 0 Å². The minimum atomic E-state index is 0.172. The molecule has 16 heavy (non-hydrogen) atoms. The van der Waals surface area contributed by atoms with Gasteiger partial charge in [-0.25, -0.2) is 0 Å². The first-order valence-corrected chi connectivity index (χ1v) is 5.94. The first-order valence-electron chi connectivity index (χ1n) is 5.94. The number of ether oxygens (including phenoxy) is 1. The van der Waals surface area contributed by atoms with Gasteiger partial charge in [0.15, 0.2) is 11.6 Å². The van der Waals surface area contributed by atoms with Gasteiger partial charge in [0, 0.05) is 43.3 Å². The van der Waals surface area contributed by atoms with Crippen LogP contribution >= 0.6 is 0 Å². The van der Waals surface area contributed by atoms with E-state index in [1.807, 2.05) is 0 Å². The Kier molecular flexibility index (Phi) is 2.20. The molecule has 0 spiro atoms. The second-order valence-corrected chi connectivity index (χ2v) is 4.64. The summed E-state index contributed by atoms with van der Waals surface area (Å²) in [4.78, 5) is 23.5. The molecule has 0 atom stereocenters. The van der Waals surface area contributed by atoms with Crippen LogP contribution in [-0.2, 0) is 14.3 Å². The van der Waals surface area contributed by atoms with Gasteiger partial charge in [-0.15, -0.1) is 0 Å². The van der Waals surface area contributed by atoms with Crippen LogP contribution < -0.4 is 0 Å². The molecular formula is C13H14O3. The average Bonchev–Trinajstić information content (AvgIpc) is 2.28. The largest absolute Gasteiger partial charge is 0.465 e. The van der Waals surface area contributed by atoms with E-state index in [-0.39, 0.29) is 11.6 Å². The Balaban J connectivity index is 1.95. The summed E-state index contributed by atoms with van der Waals surface area (Å²) in [5.41, 5.74) is 1.53. The second kappa shape index (κ2) is 3.58. The molecule has 0 fully saturated rings. The van der Waals surface area contributed by atoms with Crippen LogP contribution in [0, 0.1) is 0 Å². The maximum Gasteiger partial charge on any atom is 0.162 e. The molecule has 0 radical (unpaired) electrons. The van der Waals surface area contributed by atoms with E-state index >= 15 is 0 Å². The predicted octanol–water partition coefficient (Wildman–Crippen LogP) is 2.42. The quantitative estimate of drug-likeness (QED) is 0.627. The molecule has 0 aromatic heterocycles. The molecule has 0 N–H and O–H groups in total. The monoisotopic (exact) mass is 218 g/mol. The highest BCUT2D eigenvalue weighted by Gasteiger charge is 2.33. The van der Waals surface area contributed by atoms with E-state index in [9.17, 15) is 9.59 Å². The number of hydrogen-bond donors (Lipinski definition) is 0. The Hall–Kier alpha value is -1.38. The molecule has 0 saturated heterocycles. The Labute approximate surface area is 94.2 Å². The molecule has 0 amide bonds. The minimum Gasteiger partial charge on any atom is -0.465 e. The molecule has 3 rings (SSSR count). The molecule has 0 unspecified atom stereocenters. The number of carbonyl (C=O) groups excluding carboxylic acids is 2. The van der Waals surface area contributed by atoms with Gasteiger partial charge in [0.2, 0.25) is 0 Å². The average molecular weight is 218 g/mol. The van der Waals surface area contributed by atoms with E-state index < -0.39 is 0 Å². The summed E-state index contributed by atoms with van der Waals surface area (Å²) in [7, 11) is 0. The van der Waals surface area contributed by atoms with Gasteiger partial charge in [-0.3, -0.25) is 9.59 Å². The van der Waals surface area contributed by atoms with Crippen molar-refractivity contribution in [1.29, 1.82) is 0 Å². The topological polar surface area (TPSA) is 43.4 Å². The zero-order valence-corrected chi connectivity index (χ0v) is 9.17. The molecule has 3 aliphatic rings. The van der Waals surface area contributed by atoms with Crippen molar-refractivity contribution in [1.82, 2.24) is 0 Å². The Morgan fingerprint density at radius 1 is 0.750 bits per heavy atom. The smallest absolute Gasteiger partial charge is 0.162 e. The molecule has 1 heterocycles. The Morgan fingerprint density at radius 2 is 1.25 bits per heavy atom. The lowest BCUT2D eigenvalue weighted by Gasteiger charge is -2.29. The van der Waals surface area contributed by atoms with Crippen molar-refractivity contribution in [3.05, 3.63) is 22.7 Å². The highest BCUT2D eigenvalue weighted by Crippen LogP contribution is 2.39. The summed E-state index contributed by atoms with van der Waals surface area (Å²) in [6.07, 6.45) is 5.22. The van der Waals surface area contributed by atoms with E-state index in [0.717, 1.165) is 48.3 Å². The SMILES string of the molecule is O=C1CCCC2=C1CC1=C(CCCC1=O)O2.